The molecule has 33 heavy (non-hydrogen) atoms. The Morgan fingerprint density at radius 3 is 2.03 bits per heavy atom. The van der Waals surface area contributed by atoms with Crippen molar-refractivity contribution in [1.82, 2.24) is 29.9 Å². The number of rotatable bonds is 6. The van der Waals surface area contributed by atoms with E-state index in [4.69, 9.17) is 0 Å². The number of hydrogen-bond donors (Lipinski definition) is 4. The van der Waals surface area contributed by atoms with Crippen molar-refractivity contribution in [1.29, 1.82) is 0 Å². The van der Waals surface area contributed by atoms with Gasteiger partial charge in [-0.2, -0.15) is 0 Å². The SMILES string of the molecule is CC(Cc1cnc[nH]1)c1ccccc1.OC(Cc1ccccc1)c1cnc[nH]1.c1c[nH]cn1. The fourth-order valence-electron chi connectivity index (χ4n) is 3.24. The normalized spacial score (nSPS) is 11.9. The van der Waals surface area contributed by atoms with Crippen molar-refractivity contribution in [3.05, 3.63) is 127 Å². The van der Waals surface area contributed by atoms with Crippen molar-refractivity contribution in [3.8, 4) is 0 Å². The summed E-state index contributed by atoms with van der Waals surface area (Å²) in [5.74, 6) is 0.539. The molecule has 4 N–H and O–H groups in total. The van der Waals surface area contributed by atoms with Crippen molar-refractivity contribution in [2.45, 2.75) is 31.8 Å². The smallest absolute Gasteiger partial charge is 0.0993 e. The second-order valence-electron chi connectivity index (χ2n) is 7.57. The molecular formula is C26H30N6O. The molecule has 3 heterocycles. The molecule has 2 unspecified atom stereocenters. The van der Waals surface area contributed by atoms with Crippen LogP contribution < -0.4 is 0 Å². The van der Waals surface area contributed by atoms with Crippen LogP contribution in [0.5, 0.6) is 0 Å². The summed E-state index contributed by atoms with van der Waals surface area (Å²) in [5.41, 5.74) is 4.45. The lowest BCUT2D eigenvalue weighted by Gasteiger charge is -2.09. The topological polar surface area (TPSA) is 106 Å². The van der Waals surface area contributed by atoms with Crippen molar-refractivity contribution >= 4 is 0 Å². The minimum absolute atomic E-state index is 0.500. The van der Waals surface area contributed by atoms with E-state index >= 15 is 0 Å². The molecule has 0 fully saturated rings. The summed E-state index contributed by atoms with van der Waals surface area (Å²) >= 11 is 0. The van der Waals surface area contributed by atoms with Crippen LogP contribution in [0.2, 0.25) is 0 Å². The molecule has 2 atom stereocenters. The summed E-state index contributed by atoms with van der Waals surface area (Å²) in [6, 6.07) is 20.4. The maximum atomic E-state index is 9.79. The number of aliphatic hydroxyl groups is 1. The standard InChI is InChI=1S/C12H14N2.C11H12N2O.C3H4N2/c1-10(7-12-8-13-9-14-12)11-5-3-2-4-6-11;14-11(10-7-12-8-13-10)6-9-4-2-1-3-5-9;1-2-5-3-4-1/h2-6,8-10H,7H2,1H3,(H,13,14);1-5,7-8,11,14H,6H2,(H,12,13);1-3H,(H,4,5). The van der Waals surface area contributed by atoms with Gasteiger partial charge < -0.3 is 20.1 Å². The molecule has 7 nitrogen and oxygen atoms in total. The van der Waals surface area contributed by atoms with Crippen LogP contribution in [0, 0.1) is 0 Å². The number of aromatic nitrogens is 6. The van der Waals surface area contributed by atoms with Crippen LogP contribution in [0.1, 0.15) is 41.5 Å². The van der Waals surface area contributed by atoms with E-state index in [-0.39, 0.29) is 0 Å². The van der Waals surface area contributed by atoms with Crippen LogP contribution >= 0.6 is 0 Å². The second-order valence-corrected chi connectivity index (χ2v) is 7.57. The first-order valence-electron chi connectivity index (χ1n) is 10.9. The van der Waals surface area contributed by atoms with E-state index in [1.54, 1.807) is 37.6 Å². The van der Waals surface area contributed by atoms with Gasteiger partial charge >= 0.3 is 0 Å². The maximum absolute atomic E-state index is 9.79. The monoisotopic (exact) mass is 442 g/mol. The quantitative estimate of drug-likeness (QED) is 0.301. The number of H-pyrrole nitrogens is 3. The maximum Gasteiger partial charge on any atom is 0.0993 e. The molecule has 0 spiro atoms. The summed E-state index contributed by atoms with van der Waals surface area (Å²) in [6.45, 7) is 2.23. The van der Waals surface area contributed by atoms with Crippen molar-refractivity contribution in [2.24, 2.45) is 0 Å². The van der Waals surface area contributed by atoms with Gasteiger partial charge in [-0.25, -0.2) is 15.0 Å². The minimum Gasteiger partial charge on any atom is -0.386 e. The lowest BCUT2D eigenvalue weighted by Crippen LogP contribution is -2.01. The summed E-state index contributed by atoms with van der Waals surface area (Å²) < 4.78 is 0. The number of nitrogens with one attached hydrogen (secondary N) is 3. The fourth-order valence-corrected chi connectivity index (χ4v) is 3.24. The van der Waals surface area contributed by atoms with Gasteiger partial charge in [0.1, 0.15) is 0 Å². The van der Waals surface area contributed by atoms with Gasteiger partial charge in [0, 0.05) is 30.7 Å². The third kappa shape index (κ3) is 8.59. The molecule has 5 aromatic rings. The van der Waals surface area contributed by atoms with Gasteiger partial charge in [0.05, 0.1) is 37.0 Å². The van der Waals surface area contributed by atoms with Gasteiger partial charge in [0.2, 0.25) is 0 Å². The Bertz CT molecular complexity index is 1060. The average Bonchev–Trinajstić information content (AvgIpc) is 3.66. The van der Waals surface area contributed by atoms with E-state index in [0.717, 1.165) is 17.7 Å². The summed E-state index contributed by atoms with van der Waals surface area (Å²) in [4.78, 5) is 20.3. The molecule has 0 aliphatic rings. The molecule has 0 aliphatic heterocycles. The van der Waals surface area contributed by atoms with E-state index < -0.39 is 6.10 Å². The van der Waals surface area contributed by atoms with Crippen LogP contribution in [0.4, 0.5) is 0 Å². The van der Waals surface area contributed by atoms with Crippen molar-refractivity contribution in [3.63, 3.8) is 0 Å². The lowest BCUT2D eigenvalue weighted by molar-refractivity contribution is 0.174. The third-order valence-electron chi connectivity index (χ3n) is 5.01. The predicted octanol–water partition coefficient (Wildman–Crippen LogP) is 4.85. The Morgan fingerprint density at radius 2 is 1.48 bits per heavy atom. The van der Waals surface area contributed by atoms with Gasteiger partial charge in [0.25, 0.3) is 0 Å². The van der Waals surface area contributed by atoms with Gasteiger partial charge in [-0.1, -0.05) is 67.6 Å². The predicted molar refractivity (Wildman–Crippen MR) is 129 cm³/mol. The molecule has 0 amide bonds. The molecular weight excluding hydrogens is 412 g/mol. The van der Waals surface area contributed by atoms with Crippen LogP contribution in [-0.4, -0.2) is 35.0 Å². The Labute approximate surface area is 194 Å². The molecule has 170 valence electrons. The Hall–Kier alpha value is -3.97. The second kappa shape index (κ2) is 13.4. The Kier molecular flexibility index (Phi) is 9.65. The number of imidazole rings is 3. The molecule has 3 aromatic heterocycles. The van der Waals surface area contributed by atoms with E-state index in [1.807, 2.05) is 42.6 Å². The highest BCUT2D eigenvalue weighted by Crippen LogP contribution is 2.18. The molecule has 7 heteroatoms. The first-order valence-corrected chi connectivity index (χ1v) is 10.9. The lowest BCUT2D eigenvalue weighted by atomic mass is 9.97. The van der Waals surface area contributed by atoms with Gasteiger partial charge in [0.15, 0.2) is 0 Å². The number of aliphatic hydroxyl groups excluding tert-OH is 1. The molecule has 0 saturated heterocycles. The first kappa shape index (κ1) is 23.7. The summed E-state index contributed by atoms with van der Waals surface area (Å²) in [6.07, 6.45) is 13.1. The van der Waals surface area contributed by atoms with Crippen molar-refractivity contribution < 1.29 is 5.11 Å². The first-order chi connectivity index (χ1) is 16.2. The van der Waals surface area contributed by atoms with Gasteiger partial charge in [-0.3, -0.25) is 0 Å². The third-order valence-corrected chi connectivity index (χ3v) is 5.01. The zero-order valence-corrected chi connectivity index (χ0v) is 18.7. The van der Waals surface area contributed by atoms with Gasteiger partial charge in [-0.15, -0.1) is 0 Å². The molecule has 0 saturated carbocycles. The number of nitrogens with zero attached hydrogens (tertiary/aromatic N) is 3. The molecule has 2 aromatic carbocycles. The van der Waals surface area contributed by atoms with Gasteiger partial charge in [-0.05, 0) is 23.5 Å². The summed E-state index contributed by atoms with van der Waals surface area (Å²) in [7, 11) is 0. The number of benzene rings is 2. The molecule has 0 radical (unpaired) electrons. The Morgan fingerprint density at radius 1 is 0.788 bits per heavy atom. The van der Waals surface area contributed by atoms with E-state index in [2.05, 4.69) is 61.1 Å². The Balaban J connectivity index is 0.000000154. The van der Waals surface area contributed by atoms with Crippen molar-refractivity contribution in [2.75, 3.05) is 0 Å². The number of aromatic amines is 3. The highest BCUT2D eigenvalue weighted by molar-refractivity contribution is 5.20. The summed E-state index contributed by atoms with van der Waals surface area (Å²) in [5, 5.41) is 9.79. The molecule has 0 aliphatic carbocycles. The zero-order chi connectivity index (χ0) is 23.1. The van der Waals surface area contributed by atoms with E-state index in [0.29, 0.717) is 12.3 Å². The largest absolute Gasteiger partial charge is 0.386 e. The molecule has 5 rings (SSSR count). The van der Waals surface area contributed by atoms with E-state index in [1.165, 1.54) is 11.3 Å². The van der Waals surface area contributed by atoms with Crippen LogP contribution in [0.25, 0.3) is 0 Å². The highest BCUT2D eigenvalue weighted by Gasteiger charge is 2.09. The minimum atomic E-state index is -0.500. The fraction of sp³-hybridized carbons (Fsp3) is 0.192. The van der Waals surface area contributed by atoms with Crippen LogP contribution in [0.3, 0.4) is 0 Å². The zero-order valence-electron chi connectivity index (χ0n) is 18.7. The average molecular weight is 443 g/mol. The molecule has 0 bridgehead atoms. The van der Waals surface area contributed by atoms with Crippen LogP contribution in [-0.2, 0) is 12.8 Å². The van der Waals surface area contributed by atoms with E-state index in [9.17, 15) is 5.11 Å². The number of hydrogen-bond acceptors (Lipinski definition) is 4. The van der Waals surface area contributed by atoms with Crippen LogP contribution in [0.15, 0.2) is 104 Å². The highest BCUT2D eigenvalue weighted by atomic mass is 16.3.